The molecule has 0 aliphatic carbocycles. The summed E-state index contributed by atoms with van der Waals surface area (Å²) in [5, 5.41) is 2.97. The molecule has 4 heteroatoms. The third-order valence-corrected chi connectivity index (χ3v) is 4.10. The van der Waals surface area contributed by atoms with Crippen LogP contribution in [0, 0.1) is 5.82 Å². The van der Waals surface area contributed by atoms with Gasteiger partial charge in [-0.2, -0.15) is 0 Å². The Balaban J connectivity index is 2.00. The SMILES string of the molecule is CC1(Cc2ccc(F)c(Cl)c2)C(=O)Nc2ccccc21. The van der Waals surface area contributed by atoms with Crippen molar-refractivity contribution in [3.05, 3.63) is 64.4 Å². The molecule has 1 N–H and O–H groups in total. The van der Waals surface area contributed by atoms with Crippen LogP contribution in [0.25, 0.3) is 0 Å². The molecule has 0 aromatic heterocycles. The van der Waals surface area contributed by atoms with E-state index in [0.29, 0.717) is 6.42 Å². The molecule has 0 bridgehead atoms. The number of anilines is 1. The van der Waals surface area contributed by atoms with Crippen LogP contribution in [0.5, 0.6) is 0 Å². The van der Waals surface area contributed by atoms with Crippen molar-refractivity contribution >= 4 is 23.2 Å². The predicted octanol–water partition coefficient (Wildman–Crippen LogP) is 3.93. The van der Waals surface area contributed by atoms with Gasteiger partial charge in [0.25, 0.3) is 0 Å². The van der Waals surface area contributed by atoms with Crippen molar-refractivity contribution in [3.63, 3.8) is 0 Å². The molecular weight excluding hydrogens is 277 g/mol. The first-order chi connectivity index (χ1) is 9.50. The van der Waals surface area contributed by atoms with Gasteiger partial charge >= 0.3 is 0 Å². The van der Waals surface area contributed by atoms with Crippen LogP contribution in [-0.4, -0.2) is 5.91 Å². The fourth-order valence-electron chi connectivity index (χ4n) is 2.69. The molecule has 0 fully saturated rings. The van der Waals surface area contributed by atoms with E-state index < -0.39 is 11.2 Å². The Bertz CT molecular complexity index is 701. The van der Waals surface area contributed by atoms with Gasteiger partial charge in [-0.25, -0.2) is 4.39 Å². The Morgan fingerprint density at radius 1 is 1.25 bits per heavy atom. The van der Waals surface area contributed by atoms with E-state index >= 15 is 0 Å². The molecule has 1 unspecified atom stereocenters. The summed E-state index contributed by atoms with van der Waals surface area (Å²) < 4.78 is 13.2. The Hall–Kier alpha value is -1.87. The summed E-state index contributed by atoms with van der Waals surface area (Å²) in [6.07, 6.45) is 0.482. The Kier molecular flexibility index (Phi) is 3.02. The highest BCUT2D eigenvalue weighted by Gasteiger charge is 2.42. The third-order valence-electron chi connectivity index (χ3n) is 3.81. The van der Waals surface area contributed by atoms with Crippen molar-refractivity contribution in [2.75, 3.05) is 5.32 Å². The maximum atomic E-state index is 13.2. The summed E-state index contributed by atoms with van der Waals surface area (Å²) in [5.74, 6) is -0.490. The molecule has 0 saturated heterocycles. The molecule has 0 saturated carbocycles. The first-order valence-electron chi connectivity index (χ1n) is 6.35. The zero-order valence-electron chi connectivity index (χ0n) is 10.9. The molecule has 3 rings (SSSR count). The maximum absolute atomic E-state index is 13.2. The van der Waals surface area contributed by atoms with Crippen LogP contribution in [0.2, 0.25) is 5.02 Å². The quantitative estimate of drug-likeness (QED) is 0.892. The molecule has 20 heavy (non-hydrogen) atoms. The first kappa shape index (κ1) is 13.1. The van der Waals surface area contributed by atoms with Crippen LogP contribution in [0.1, 0.15) is 18.1 Å². The van der Waals surface area contributed by atoms with E-state index in [2.05, 4.69) is 5.32 Å². The topological polar surface area (TPSA) is 29.1 Å². The second-order valence-electron chi connectivity index (χ2n) is 5.26. The smallest absolute Gasteiger partial charge is 0.235 e. The molecule has 2 nitrogen and oxygen atoms in total. The van der Waals surface area contributed by atoms with E-state index in [1.54, 1.807) is 12.1 Å². The van der Waals surface area contributed by atoms with Crippen LogP contribution < -0.4 is 5.32 Å². The lowest BCUT2D eigenvalue weighted by atomic mass is 9.78. The van der Waals surface area contributed by atoms with Crippen molar-refractivity contribution in [3.8, 4) is 0 Å². The molecule has 1 amide bonds. The van der Waals surface area contributed by atoms with E-state index in [1.165, 1.54) is 6.07 Å². The first-order valence-corrected chi connectivity index (χ1v) is 6.73. The largest absolute Gasteiger partial charge is 0.325 e. The van der Waals surface area contributed by atoms with Crippen molar-refractivity contribution in [2.45, 2.75) is 18.8 Å². The van der Waals surface area contributed by atoms with Crippen molar-refractivity contribution in [1.29, 1.82) is 0 Å². The summed E-state index contributed by atoms with van der Waals surface area (Å²) >= 11 is 5.81. The standard InChI is InChI=1S/C16H13ClFNO/c1-16(9-10-6-7-13(18)12(17)8-10)11-4-2-3-5-14(11)19-15(16)20/h2-8H,9H2,1H3,(H,19,20). The minimum atomic E-state index is -0.655. The zero-order valence-corrected chi connectivity index (χ0v) is 11.7. The molecule has 0 spiro atoms. The van der Waals surface area contributed by atoms with Crippen LogP contribution in [0.4, 0.5) is 10.1 Å². The fraction of sp³-hybridized carbons (Fsp3) is 0.188. The predicted molar refractivity (Wildman–Crippen MR) is 77.5 cm³/mol. The minimum Gasteiger partial charge on any atom is -0.325 e. The lowest BCUT2D eigenvalue weighted by Crippen LogP contribution is -2.33. The van der Waals surface area contributed by atoms with Gasteiger partial charge < -0.3 is 5.32 Å². The molecule has 1 atom stereocenters. The summed E-state index contributed by atoms with van der Waals surface area (Å²) in [7, 11) is 0. The van der Waals surface area contributed by atoms with Crippen LogP contribution in [0.15, 0.2) is 42.5 Å². The number of rotatable bonds is 2. The summed E-state index contributed by atoms with van der Waals surface area (Å²) in [4.78, 5) is 12.3. The number of hydrogen-bond donors (Lipinski definition) is 1. The van der Waals surface area contributed by atoms with Crippen molar-refractivity contribution in [1.82, 2.24) is 0 Å². The molecule has 102 valence electrons. The average molecular weight is 290 g/mol. The Morgan fingerprint density at radius 2 is 2.00 bits per heavy atom. The number of fused-ring (bicyclic) bond motifs is 1. The number of nitrogens with one attached hydrogen (secondary N) is 1. The number of benzene rings is 2. The maximum Gasteiger partial charge on any atom is 0.235 e. The van der Waals surface area contributed by atoms with Gasteiger partial charge in [-0.15, -0.1) is 0 Å². The van der Waals surface area contributed by atoms with Crippen molar-refractivity contribution in [2.24, 2.45) is 0 Å². The molecule has 1 aliphatic heterocycles. The van der Waals surface area contributed by atoms with Gasteiger partial charge in [-0.1, -0.05) is 35.9 Å². The fourth-order valence-corrected chi connectivity index (χ4v) is 2.89. The summed E-state index contributed by atoms with van der Waals surface area (Å²) in [5.41, 5.74) is 1.99. The highest BCUT2D eigenvalue weighted by atomic mass is 35.5. The van der Waals surface area contributed by atoms with Gasteiger partial charge in [-0.05, 0) is 42.7 Å². The van der Waals surface area contributed by atoms with Crippen molar-refractivity contribution < 1.29 is 9.18 Å². The monoisotopic (exact) mass is 289 g/mol. The van der Waals surface area contributed by atoms with Crippen LogP contribution in [-0.2, 0) is 16.6 Å². The number of amides is 1. The number of carbonyl (C=O) groups excluding carboxylic acids is 1. The Morgan fingerprint density at radius 3 is 2.75 bits per heavy atom. The van der Waals surface area contributed by atoms with E-state index in [9.17, 15) is 9.18 Å². The lowest BCUT2D eigenvalue weighted by Gasteiger charge is -2.22. The van der Waals surface area contributed by atoms with Gasteiger partial charge in [0.2, 0.25) is 5.91 Å². The second kappa shape index (κ2) is 4.60. The summed E-state index contributed by atoms with van der Waals surface area (Å²) in [6, 6.07) is 12.2. The number of halogens is 2. The molecule has 2 aromatic rings. The van der Waals surface area contributed by atoms with E-state index in [0.717, 1.165) is 16.8 Å². The van der Waals surface area contributed by atoms with E-state index in [1.807, 2.05) is 31.2 Å². The normalized spacial score (nSPS) is 20.6. The van der Waals surface area contributed by atoms with Gasteiger partial charge in [0.1, 0.15) is 5.82 Å². The number of carbonyl (C=O) groups is 1. The third kappa shape index (κ3) is 1.98. The minimum absolute atomic E-state index is 0.0425. The van der Waals surface area contributed by atoms with E-state index in [-0.39, 0.29) is 10.9 Å². The number of para-hydroxylation sites is 1. The van der Waals surface area contributed by atoms with Gasteiger partial charge in [-0.3, -0.25) is 4.79 Å². The highest BCUT2D eigenvalue weighted by Crippen LogP contribution is 2.40. The molecule has 1 aliphatic rings. The van der Waals surface area contributed by atoms with E-state index in [4.69, 9.17) is 11.6 Å². The van der Waals surface area contributed by atoms with Gasteiger partial charge in [0, 0.05) is 5.69 Å². The molecular formula is C16H13ClFNO. The average Bonchev–Trinajstić information content (AvgIpc) is 2.67. The van der Waals surface area contributed by atoms with Crippen LogP contribution >= 0.6 is 11.6 Å². The summed E-state index contributed by atoms with van der Waals surface area (Å²) in [6.45, 7) is 1.89. The molecule has 1 heterocycles. The lowest BCUT2D eigenvalue weighted by molar-refractivity contribution is -0.120. The Labute approximate surface area is 121 Å². The molecule has 0 radical (unpaired) electrons. The molecule has 2 aromatic carbocycles. The van der Waals surface area contributed by atoms with Crippen LogP contribution in [0.3, 0.4) is 0 Å². The number of hydrogen-bond acceptors (Lipinski definition) is 1. The highest BCUT2D eigenvalue weighted by molar-refractivity contribution is 6.30. The zero-order chi connectivity index (χ0) is 14.3. The second-order valence-corrected chi connectivity index (χ2v) is 5.66. The van der Waals surface area contributed by atoms with Gasteiger partial charge in [0.15, 0.2) is 0 Å². The van der Waals surface area contributed by atoms with Gasteiger partial charge in [0.05, 0.1) is 10.4 Å².